The number of methoxy groups -OCH3 is 1. The van der Waals surface area contributed by atoms with Gasteiger partial charge in [-0.2, -0.15) is 0 Å². The third kappa shape index (κ3) is 4.24. The average molecular weight is 355 g/mol. The number of cyclic esters (lactones) is 1. The van der Waals surface area contributed by atoms with E-state index in [1.807, 2.05) is 36.4 Å². The number of carbonyl (C=O) groups is 2. The van der Waals surface area contributed by atoms with E-state index in [1.54, 1.807) is 26.3 Å². The van der Waals surface area contributed by atoms with Crippen LogP contribution in [0.15, 0.2) is 48.5 Å². The summed E-state index contributed by atoms with van der Waals surface area (Å²) in [6.07, 6.45) is -0.597. The van der Waals surface area contributed by atoms with Gasteiger partial charge in [-0.1, -0.05) is 24.3 Å². The van der Waals surface area contributed by atoms with E-state index in [0.717, 1.165) is 16.9 Å². The molecule has 1 atom stereocenters. The topological polar surface area (TPSA) is 79.9 Å². The molecule has 0 spiro atoms. The first-order valence-electron chi connectivity index (χ1n) is 8.24. The number of ether oxygens (including phenoxy) is 2. The van der Waals surface area contributed by atoms with Crippen LogP contribution in [0, 0.1) is 0 Å². The van der Waals surface area contributed by atoms with Gasteiger partial charge in [-0.05, 0) is 35.4 Å². The molecule has 2 aromatic rings. The van der Waals surface area contributed by atoms with Gasteiger partial charge in [-0.3, -0.25) is 0 Å². The number of rotatable bonds is 5. The van der Waals surface area contributed by atoms with Crippen LogP contribution >= 0.6 is 0 Å². The van der Waals surface area contributed by atoms with Crippen molar-refractivity contribution in [2.45, 2.75) is 12.6 Å². The number of nitrogens with zero attached hydrogens (tertiary/aromatic N) is 1. The fourth-order valence-corrected chi connectivity index (χ4v) is 2.63. The quantitative estimate of drug-likeness (QED) is 0.863. The van der Waals surface area contributed by atoms with Crippen molar-refractivity contribution >= 4 is 17.8 Å². The minimum atomic E-state index is -0.324. The number of hydrogen-bond acceptors (Lipinski definition) is 4. The molecule has 0 aromatic heterocycles. The van der Waals surface area contributed by atoms with E-state index < -0.39 is 0 Å². The summed E-state index contributed by atoms with van der Waals surface area (Å²) >= 11 is 0. The summed E-state index contributed by atoms with van der Waals surface area (Å²) in [6, 6.07) is 14.5. The highest BCUT2D eigenvalue weighted by molar-refractivity contribution is 5.89. The Labute approximate surface area is 151 Å². The number of likely N-dealkylation sites (N-methyl/N-ethyl adjacent to an activating group) is 1. The van der Waals surface area contributed by atoms with Crippen LogP contribution in [-0.4, -0.2) is 37.7 Å². The fourth-order valence-electron chi connectivity index (χ4n) is 2.63. The maximum absolute atomic E-state index is 12.0. The van der Waals surface area contributed by atoms with Crippen molar-refractivity contribution in [3.8, 4) is 5.75 Å². The molecule has 1 heterocycles. The van der Waals surface area contributed by atoms with Gasteiger partial charge in [0.25, 0.3) is 0 Å². The van der Waals surface area contributed by atoms with Crippen LogP contribution in [-0.2, 0) is 11.3 Å². The van der Waals surface area contributed by atoms with Crippen LogP contribution in [0.4, 0.5) is 15.3 Å². The normalized spacial score (nSPS) is 16.2. The highest BCUT2D eigenvalue weighted by Crippen LogP contribution is 2.26. The molecule has 136 valence electrons. The van der Waals surface area contributed by atoms with Gasteiger partial charge >= 0.3 is 12.1 Å². The largest absolute Gasteiger partial charge is 0.497 e. The van der Waals surface area contributed by atoms with Crippen LogP contribution in [0.25, 0.3) is 0 Å². The molecule has 2 N–H and O–H groups in total. The first-order chi connectivity index (χ1) is 12.5. The highest BCUT2D eigenvalue weighted by atomic mass is 16.6. The second-order valence-corrected chi connectivity index (χ2v) is 6.03. The summed E-state index contributed by atoms with van der Waals surface area (Å²) in [5.74, 6) is 0.775. The van der Waals surface area contributed by atoms with Crippen molar-refractivity contribution in [2.75, 3.05) is 26.0 Å². The van der Waals surface area contributed by atoms with Crippen LogP contribution in [0.2, 0.25) is 0 Å². The second-order valence-electron chi connectivity index (χ2n) is 6.03. The predicted octanol–water partition coefficient (Wildman–Crippen LogP) is 3.14. The molecule has 7 heteroatoms. The maximum Gasteiger partial charge on any atom is 0.410 e. The Hall–Kier alpha value is -3.22. The van der Waals surface area contributed by atoms with Gasteiger partial charge in [0.05, 0.1) is 13.7 Å². The van der Waals surface area contributed by atoms with Crippen molar-refractivity contribution < 1.29 is 19.1 Å². The number of benzene rings is 2. The number of hydrogen-bond donors (Lipinski definition) is 2. The molecule has 2 aromatic carbocycles. The van der Waals surface area contributed by atoms with E-state index in [0.29, 0.717) is 18.8 Å². The minimum Gasteiger partial charge on any atom is -0.497 e. The summed E-state index contributed by atoms with van der Waals surface area (Å²) in [5, 5.41) is 5.58. The maximum atomic E-state index is 12.0. The van der Waals surface area contributed by atoms with Crippen LogP contribution in [0.1, 0.15) is 17.2 Å². The van der Waals surface area contributed by atoms with Gasteiger partial charge in [0, 0.05) is 19.3 Å². The molecule has 0 aliphatic carbocycles. The number of anilines is 1. The van der Waals surface area contributed by atoms with Gasteiger partial charge in [0.15, 0.2) is 0 Å². The number of amides is 3. The molecule has 0 radical (unpaired) electrons. The minimum absolute atomic E-state index is 0.273. The lowest BCUT2D eigenvalue weighted by Gasteiger charge is -2.11. The summed E-state index contributed by atoms with van der Waals surface area (Å²) in [6.45, 7) is 0.937. The molecule has 0 unspecified atom stereocenters. The number of nitrogens with one attached hydrogen (secondary N) is 2. The molecular formula is C19H21N3O4. The van der Waals surface area contributed by atoms with Gasteiger partial charge in [-0.15, -0.1) is 0 Å². The van der Waals surface area contributed by atoms with E-state index in [2.05, 4.69) is 10.6 Å². The lowest BCUT2D eigenvalue weighted by molar-refractivity contribution is 0.135. The van der Waals surface area contributed by atoms with Crippen molar-refractivity contribution in [1.82, 2.24) is 10.2 Å². The summed E-state index contributed by atoms with van der Waals surface area (Å²) < 4.78 is 10.4. The van der Waals surface area contributed by atoms with E-state index in [9.17, 15) is 9.59 Å². The first kappa shape index (κ1) is 17.6. The lowest BCUT2D eigenvalue weighted by atomic mass is 10.1. The SMILES string of the molecule is COc1ccc(CNC(=O)Nc2ccc([C@H]3CN(C)C(=O)O3)cc2)cc1. The second kappa shape index (κ2) is 7.77. The van der Waals surface area contributed by atoms with E-state index in [-0.39, 0.29) is 18.2 Å². The third-order valence-electron chi connectivity index (χ3n) is 4.15. The lowest BCUT2D eigenvalue weighted by Crippen LogP contribution is -2.28. The molecule has 0 saturated carbocycles. The Morgan fingerprint density at radius 3 is 2.46 bits per heavy atom. The fraction of sp³-hybridized carbons (Fsp3) is 0.263. The third-order valence-corrected chi connectivity index (χ3v) is 4.15. The Bertz CT molecular complexity index is 774. The number of carbonyl (C=O) groups excluding carboxylic acids is 2. The summed E-state index contributed by atoms with van der Waals surface area (Å²) in [4.78, 5) is 25.0. The van der Waals surface area contributed by atoms with Gasteiger partial charge in [0.2, 0.25) is 0 Å². The molecular weight excluding hydrogens is 334 g/mol. The molecule has 7 nitrogen and oxygen atoms in total. The molecule has 0 bridgehead atoms. The molecule has 1 fully saturated rings. The van der Waals surface area contributed by atoms with Crippen LogP contribution < -0.4 is 15.4 Å². The Balaban J connectivity index is 1.50. The van der Waals surface area contributed by atoms with Crippen molar-refractivity contribution in [2.24, 2.45) is 0 Å². The summed E-state index contributed by atoms with van der Waals surface area (Å²) in [5.41, 5.74) is 2.54. The van der Waals surface area contributed by atoms with Gasteiger partial charge in [-0.25, -0.2) is 9.59 Å². The zero-order chi connectivity index (χ0) is 18.5. The van der Waals surface area contributed by atoms with Gasteiger partial charge in [0.1, 0.15) is 11.9 Å². The molecule has 3 amide bonds. The van der Waals surface area contributed by atoms with Crippen molar-refractivity contribution in [1.29, 1.82) is 0 Å². The highest BCUT2D eigenvalue weighted by Gasteiger charge is 2.29. The van der Waals surface area contributed by atoms with E-state index in [4.69, 9.17) is 9.47 Å². The first-order valence-corrected chi connectivity index (χ1v) is 8.24. The summed E-state index contributed by atoms with van der Waals surface area (Å²) in [7, 11) is 3.31. The monoisotopic (exact) mass is 355 g/mol. The molecule has 1 aliphatic heterocycles. The molecule has 1 saturated heterocycles. The Morgan fingerprint density at radius 2 is 1.88 bits per heavy atom. The zero-order valence-corrected chi connectivity index (χ0v) is 14.7. The van der Waals surface area contributed by atoms with E-state index >= 15 is 0 Å². The van der Waals surface area contributed by atoms with Gasteiger partial charge < -0.3 is 25.0 Å². The molecule has 3 rings (SSSR count). The molecule has 1 aliphatic rings. The smallest absolute Gasteiger partial charge is 0.410 e. The Kier molecular flexibility index (Phi) is 5.26. The van der Waals surface area contributed by atoms with Crippen LogP contribution in [0.3, 0.4) is 0 Å². The van der Waals surface area contributed by atoms with Crippen molar-refractivity contribution in [3.05, 3.63) is 59.7 Å². The zero-order valence-electron chi connectivity index (χ0n) is 14.7. The van der Waals surface area contributed by atoms with Crippen molar-refractivity contribution in [3.63, 3.8) is 0 Å². The van der Waals surface area contributed by atoms with Crippen LogP contribution in [0.5, 0.6) is 5.75 Å². The van der Waals surface area contributed by atoms with E-state index in [1.165, 1.54) is 4.90 Å². The predicted molar refractivity (Wildman–Crippen MR) is 97.1 cm³/mol. The molecule has 26 heavy (non-hydrogen) atoms. The Morgan fingerprint density at radius 1 is 1.19 bits per heavy atom. The standard InChI is InChI=1S/C19H21N3O4/c1-22-12-17(26-19(22)24)14-5-7-15(8-6-14)21-18(23)20-11-13-3-9-16(25-2)10-4-13/h3-10,17H,11-12H2,1-2H3,(H2,20,21,23)/t17-/m1/s1. The average Bonchev–Trinajstić information content (AvgIpc) is 3.00. The number of urea groups is 1.